The lowest BCUT2D eigenvalue weighted by molar-refractivity contribution is 0.0850. The Kier molecular flexibility index (Phi) is 7.00. The van der Waals surface area contributed by atoms with Crippen molar-refractivity contribution in [3.63, 3.8) is 0 Å². The van der Waals surface area contributed by atoms with Gasteiger partial charge in [0.05, 0.1) is 17.3 Å². The molecule has 1 aliphatic carbocycles. The molecule has 1 fully saturated rings. The monoisotopic (exact) mass is 566 g/mol. The number of halogens is 1. The number of likely N-dealkylation sites (N-methyl/N-ethyl adjacent to an activating group) is 1. The molecule has 1 aromatic carbocycles. The Labute approximate surface area is 233 Å². The molecule has 0 radical (unpaired) electrons. The highest BCUT2D eigenvalue weighted by Gasteiger charge is 2.36. The van der Waals surface area contributed by atoms with Gasteiger partial charge in [-0.05, 0) is 44.5 Å². The number of aromatic nitrogens is 5. The quantitative estimate of drug-likeness (QED) is 0.372. The predicted molar refractivity (Wildman–Crippen MR) is 145 cm³/mol. The molecule has 202 valence electrons. The molecule has 4 aromatic rings. The molecule has 3 atom stereocenters. The van der Waals surface area contributed by atoms with Crippen LogP contribution in [0.3, 0.4) is 0 Å². The molecule has 0 spiro atoms. The van der Waals surface area contributed by atoms with Gasteiger partial charge in [-0.15, -0.1) is 31.7 Å². The fourth-order valence-corrected chi connectivity index (χ4v) is 6.47. The van der Waals surface area contributed by atoms with Crippen LogP contribution in [-0.4, -0.2) is 67.8 Å². The number of benzene rings is 1. The van der Waals surface area contributed by atoms with E-state index in [1.807, 2.05) is 0 Å². The Morgan fingerprint density at radius 2 is 1.92 bits per heavy atom. The molecule has 1 aliphatic heterocycles. The van der Waals surface area contributed by atoms with Crippen LogP contribution in [0.15, 0.2) is 28.7 Å². The smallest absolute Gasteiger partial charge is 0.280 e. The minimum atomic E-state index is -0.372. The van der Waals surface area contributed by atoms with Gasteiger partial charge in [-0.3, -0.25) is 9.59 Å². The number of nitrogens with one attached hydrogen (secondary N) is 2. The molecule has 0 saturated heterocycles. The van der Waals surface area contributed by atoms with Crippen molar-refractivity contribution >= 4 is 45.7 Å². The van der Waals surface area contributed by atoms with Gasteiger partial charge >= 0.3 is 0 Å². The maximum atomic E-state index is 13.4. The summed E-state index contributed by atoms with van der Waals surface area (Å²) in [5.41, 5.74) is 1.80. The van der Waals surface area contributed by atoms with Crippen molar-refractivity contribution in [1.82, 2.24) is 40.9 Å². The predicted octanol–water partition coefficient (Wildman–Crippen LogP) is 3.28. The van der Waals surface area contributed by atoms with Gasteiger partial charge < -0.3 is 20.0 Å². The van der Waals surface area contributed by atoms with Gasteiger partial charge in [0.2, 0.25) is 11.8 Å². The van der Waals surface area contributed by atoms with E-state index in [1.165, 1.54) is 11.3 Å². The van der Waals surface area contributed by atoms with Gasteiger partial charge in [-0.25, -0.2) is 4.98 Å². The average Bonchev–Trinajstić information content (AvgIpc) is 3.55. The van der Waals surface area contributed by atoms with E-state index in [0.717, 1.165) is 41.9 Å². The van der Waals surface area contributed by atoms with Crippen LogP contribution in [0.4, 0.5) is 0 Å². The Hall–Kier alpha value is -3.48. The molecule has 6 rings (SSSR count). The first-order valence-corrected chi connectivity index (χ1v) is 14.0. The number of fused-ring (bicyclic) bond motifs is 2. The zero-order chi connectivity index (χ0) is 27.1. The molecular formula is C26H27ClN8O3S. The molecule has 3 aromatic heterocycles. The summed E-state index contributed by atoms with van der Waals surface area (Å²) in [5, 5.41) is 24.4. The first kappa shape index (κ1) is 25.8. The lowest BCUT2D eigenvalue weighted by Crippen LogP contribution is -2.54. The molecular weight excluding hydrogens is 540 g/mol. The number of carbonyl (C=O) groups excluding carboxylic acids is 2. The van der Waals surface area contributed by atoms with Crippen LogP contribution in [0.25, 0.3) is 10.9 Å². The second kappa shape index (κ2) is 10.6. The number of aryl methyl sites for hydroxylation is 1. The molecule has 39 heavy (non-hydrogen) atoms. The van der Waals surface area contributed by atoms with Crippen LogP contribution >= 0.6 is 22.9 Å². The minimum Gasteiger partial charge on any atom is -0.425 e. The summed E-state index contributed by atoms with van der Waals surface area (Å²) in [6, 6.07) is 6.23. The highest BCUT2D eigenvalue weighted by atomic mass is 35.5. The van der Waals surface area contributed by atoms with Crippen molar-refractivity contribution < 1.29 is 14.0 Å². The summed E-state index contributed by atoms with van der Waals surface area (Å²) < 4.78 is 5.70. The van der Waals surface area contributed by atoms with Crippen molar-refractivity contribution in [3.05, 3.63) is 62.3 Å². The molecule has 1 saturated carbocycles. The molecule has 2 N–H and O–H groups in total. The Morgan fingerprint density at radius 3 is 2.74 bits per heavy atom. The molecule has 2 aliphatic rings. The third-order valence-corrected chi connectivity index (χ3v) is 8.59. The number of amides is 2. The fourth-order valence-electron chi connectivity index (χ4n) is 5.22. The van der Waals surface area contributed by atoms with Crippen LogP contribution in [-0.2, 0) is 13.0 Å². The van der Waals surface area contributed by atoms with E-state index in [0.29, 0.717) is 40.2 Å². The first-order chi connectivity index (χ1) is 18.8. The van der Waals surface area contributed by atoms with Crippen LogP contribution in [0.1, 0.15) is 67.8 Å². The van der Waals surface area contributed by atoms with E-state index >= 15 is 0 Å². The topological polar surface area (TPSA) is 139 Å². The van der Waals surface area contributed by atoms with Crippen molar-refractivity contribution in [2.45, 2.75) is 57.2 Å². The highest BCUT2D eigenvalue weighted by molar-refractivity contribution is 7.13. The van der Waals surface area contributed by atoms with Crippen molar-refractivity contribution in [2.75, 3.05) is 13.6 Å². The normalized spacial score (nSPS) is 21.5. The van der Waals surface area contributed by atoms with Crippen LogP contribution < -0.4 is 10.6 Å². The highest BCUT2D eigenvalue weighted by Crippen LogP contribution is 2.33. The first-order valence-electron chi connectivity index (χ1n) is 12.8. The van der Waals surface area contributed by atoms with E-state index in [2.05, 4.69) is 48.0 Å². The lowest BCUT2D eigenvalue weighted by atomic mass is 9.82. The lowest BCUT2D eigenvalue weighted by Gasteiger charge is -2.35. The molecule has 4 heterocycles. The summed E-state index contributed by atoms with van der Waals surface area (Å²) in [7, 11) is 2.06. The van der Waals surface area contributed by atoms with Gasteiger partial charge in [0.25, 0.3) is 11.8 Å². The fraction of sp³-hybridized carbons (Fsp3) is 0.423. The zero-order valence-corrected chi connectivity index (χ0v) is 23.1. The molecule has 2 amide bonds. The third kappa shape index (κ3) is 5.49. The minimum absolute atomic E-state index is 0.0342. The van der Waals surface area contributed by atoms with E-state index in [9.17, 15) is 9.59 Å². The number of hydrogen-bond acceptors (Lipinski definition) is 10. The molecule has 11 nitrogen and oxygen atoms in total. The molecule has 0 bridgehead atoms. The van der Waals surface area contributed by atoms with Gasteiger partial charge in [-0.2, -0.15) is 0 Å². The van der Waals surface area contributed by atoms with Crippen molar-refractivity contribution in [1.29, 1.82) is 0 Å². The van der Waals surface area contributed by atoms with Gasteiger partial charge in [0, 0.05) is 53.7 Å². The molecule has 13 heteroatoms. The van der Waals surface area contributed by atoms with Gasteiger partial charge in [0.1, 0.15) is 0 Å². The Morgan fingerprint density at radius 1 is 1.08 bits per heavy atom. The SMILES string of the molecule is Cc1nnc([C@H]2CC[C@H](NC(=O)c3cc4ccc(Cl)cc4nn3)[C@H](NC(=O)c3nc4c(s3)CN(C)CC4)C2)o1. The van der Waals surface area contributed by atoms with Crippen molar-refractivity contribution in [3.8, 4) is 0 Å². The second-order valence-electron chi connectivity index (χ2n) is 10.1. The number of rotatable bonds is 5. The van der Waals surface area contributed by atoms with Gasteiger partial charge in [-0.1, -0.05) is 17.7 Å². The standard InChI is InChI=1S/C26H27ClN8O3S/c1-13-31-34-25(38-13)15-4-6-17(28-23(36)21-9-14-3-5-16(27)11-19(14)32-33-21)20(10-15)29-24(37)26-30-18-7-8-35(2)12-22(18)39-26/h3,5,9,11,15,17,20H,4,6-8,10,12H2,1-2H3,(H,28,36)(H,29,37)/t15-,17-,20+/m0/s1. The second-order valence-corrected chi connectivity index (χ2v) is 11.7. The summed E-state index contributed by atoms with van der Waals surface area (Å²) in [4.78, 5) is 34.6. The maximum absolute atomic E-state index is 13.4. The zero-order valence-electron chi connectivity index (χ0n) is 21.5. The van der Waals surface area contributed by atoms with Crippen molar-refractivity contribution in [2.24, 2.45) is 0 Å². The van der Waals surface area contributed by atoms with E-state index < -0.39 is 0 Å². The van der Waals surface area contributed by atoms with Crippen LogP contribution in [0.2, 0.25) is 5.02 Å². The summed E-state index contributed by atoms with van der Waals surface area (Å²) >= 11 is 7.47. The van der Waals surface area contributed by atoms with Crippen LogP contribution in [0, 0.1) is 6.92 Å². The summed E-state index contributed by atoms with van der Waals surface area (Å²) in [6.07, 6.45) is 2.70. The Bertz CT molecular complexity index is 1560. The van der Waals surface area contributed by atoms with E-state index in [4.69, 9.17) is 16.0 Å². The van der Waals surface area contributed by atoms with Crippen LogP contribution in [0.5, 0.6) is 0 Å². The number of thiazole rings is 1. The summed E-state index contributed by atoms with van der Waals surface area (Å²) in [6.45, 7) is 3.46. The number of carbonyl (C=O) groups is 2. The molecule has 0 unspecified atom stereocenters. The summed E-state index contributed by atoms with van der Waals surface area (Å²) in [5.74, 6) is 0.404. The third-order valence-electron chi connectivity index (χ3n) is 7.27. The maximum Gasteiger partial charge on any atom is 0.280 e. The van der Waals surface area contributed by atoms with E-state index in [1.54, 1.807) is 31.2 Å². The largest absolute Gasteiger partial charge is 0.425 e. The van der Waals surface area contributed by atoms with Gasteiger partial charge in [0.15, 0.2) is 10.7 Å². The van der Waals surface area contributed by atoms with E-state index in [-0.39, 0.29) is 35.5 Å². The average molecular weight is 567 g/mol. The Balaban J connectivity index is 1.21. The number of hydrogen-bond donors (Lipinski definition) is 2. The number of nitrogens with zero attached hydrogens (tertiary/aromatic N) is 6.